The van der Waals surface area contributed by atoms with Gasteiger partial charge in [0.15, 0.2) is 0 Å². The van der Waals surface area contributed by atoms with E-state index in [2.05, 4.69) is 125 Å². The molecule has 0 atom stereocenters. The summed E-state index contributed by atoms with van der Waals surface area (Å²) in [5.41, 5.74) is 7.31. The monoisotopic (exact) mass is 547 g/mol. The second-order valence-corrected chi connectivity index (χ2v) is 11.0. The van der Waals surface area contributed by atoms with Gasteiger partial charge in [-0.1, -0.05) is 103 Å². The molecule has 0 unspecified atom stereocenters. The third kappa shape index (κ3) is 3.62. The molecule has 9 rings (SSSR count). The second-order valence-electron chi connectivity index (χ2n) is 11.0. The Bertz CT molecular complexity index is 2490. The molecule has 0 aliphatic carbocycles. The van der Waals surface area contributed by atoms with E-state index in [1.165, 1.54) is 54.1 Å². The Kier molecular flexibility index (Phi) is 5.20. The molecular weight excluding hydrogens is 522 g/mol. The minimum atomic E-state index is 0.871. The fourth-order valence-corrected chi connectivity index (χ4v) is 6.75. The molecule has 0 saturated heterocycles. The average Bonchev–Trinajstić information content (AvgIpc) is 3.44. The molecule has 200 valence electrons. The number of fused-ring (bicyclic) bond motifs is 10. The van der Waals surface area contributed by atoms with E-state index in [0.717, 1.165) is 28.3 Å². The Hall–Kier alpha value is -5.80. The first-order valence-corrected chi connectivity index (χ1v) is 14.6. The Labute approximate surface area is 248 Å². The molecule has 0 fully saturated rings. The third-order valence-corrected chi connectivity index (χ3v) is 8.62. The van der Waals surface area contributed by atoms with Gasteiger partial charge in [-0.15, -0.1) is 0 Å². The number of pyridine rings is 2. The summed E-state index contributed by atoms with van der Waals surface area (Å²) in [4.78, 5) is 9.42. The minimum absolute atomic E-state index is 0.871. The van der Waals surface area contributed by atoms with Gasteiger partial charge < -0.3 is 4.57 Å². The topological polar surface area (TPSA) is 30.7 Å². The lowest BCUT2D eigenvalue weighted by Crippen LogP contribution is -1.95. The van der Waals surface area contributed by atoms with E-state index in [-0.39, 0.29) is 0 Å². The highest BCUT2D eigenvalue weighted by Crippen LogP contribution is 2.44. The number of nitrogens with zero attached hydrogens (tertiary/aromatic N) is 3. The highest BCUT2D eigenvalue weighted by atomic mass is 15.0. The van der Waals surface area contributed by atoms with Gasteiger partial charge in [0, 0.05) is 33.6 Å². The molecule has 6 aromatic carbocycles. The van der Waals surface area contributed by atoms with Crippen LogP contribution in [0, 0.1) is 0 Å². The maximum Gasteiger partial charge on any atom is 0.0893 e. The van der Waals surface area contributed by atoms with Crippen LogP contribution in [0.2, 0.25) is 0 Å². The fourth-order valence-electron chi connectivity index (χ4n) is 6.75. The Balaban J connectivity index is 1.31. The molecule has 3 heteroatoms. The molecule has 0 amide bonds. The molecule has 9 aromatic rings. The van der Waals surface area contributed by atoms with Crippen molar-refractivity contribution >= 4 is 54.1 Å². The number of hydrogen-bond acceptors (Lipinski definition) is 2. The Morgan fingerprint density at radius 2 is 1.12 bits per heavy atom. The summed E-state index contributed by atoms with van der Waals surface area (Å²) in [7, 11) is 0. The molecular formula is C40H25N3. The van der Waals surface area contributed by atoms with E-state index in [9.17, 15) is 0 Å². The van der Waals surface area contributed by atoms with Crippen molar-refractivity contribution in [3.05, 3.63) is 152 Å². The normalized spacial score (nSPS) is 11.7. The van der Waals surface area contributed by atoms with Gasteiger partial charge in [-0.05, 0) is 69.4 Å². The molecule has 3 aromatic heterocycles. The minimum Gasteiger partial charge on any atom is -0.309 e. The molecule has 3 nitrogen and oxygen atoms in total. The van der Waals surface area contributed by atoms with Crippen LogP contribution in [0.1, 0.15) is 0 Å². The van der Waals surface area contributed by atoms with Gasteiger partial charge in [-0.3, -0.25) is 4.98 Å². The van der Waals surface area contributed by atoms with E-state index < -0.39 is 0 Å². The lowest BCUT2D eigenvalue weighted by Gasteiger charge is -2.14. The molecule has 43 heavy (non-hydrogen) atoms. The zero-order chi connectivity index (χ0) is 28.3. The lowest BCUT2D eigenvalue weighted by atomic mass is 9.93. The molecule has 0 radical (unpaired) electrons. The number of benzene rings is 6. The van der Waals surface area contributed by atoms with E-state index in [1.807, 2.05) is 30.3 Å². The van der Waals surface area contributed by atoms with Crippen LogP contribution >= 0.6 is 0 Å². The smallest absolute Gasteiger partial charge is 0.0893 e. The third-order valence-electron chi connectivity index (χ3n) is 8.62. The van der Waals surface area contributed by atoms with Gasteiger partial charge in [-0.2, -0.15) is 0 Å². The van der Waals surface area contributed by atoms with E-state index in [0.29, 0.717) is 0 Å². The second kappa shape index (κ2) is 9.37. The number of aromatic nitrogens is 3. The molecule has 0 saturated carbocycles. The number of rotatable bonds is 3. The van der Waals surface area contributed by atoms with Crippen LogP contribution in [-0.4, -0.2) is 14.5 Å². The number of para-hydroxylation sites is 1. The maximum absolute atomic E-state index is 4.94. The summed E-state index contributed by atoms with van der Waals surface area (Å²) >= 11 is 0. The van der Waals surface area contributed by atoms with Crippen molar-refractivity contribution in [2.24, 2.45) is 0 Å². The zero-order valence-corrected chi connectivity index (χ0v) is 23.3. The zero-order valence-electron chi connectivity index (χ0n) is 23.3. The summed E-state index contributed by atoms with van der Waals surface area (Å²) < 4.78 is 2.43. The summed E-state index contributed by atoms with van der Waals surface area (Å²) in [6.07, 6.45) is 1.81. The highest BCUT2D eigenvalue weighted by Gasteiger charge is 2.19. The van der Waals surface area contributed by atoms with Crippen LogP contribution in [0.4, 0.5) is 0 Å². The largest absolute Gasteiger partial charge is 0.309 e. The van der Waals surface area contributed by atoms with Crippen LogP contribution in [0.3, 0.4) is 0 Å². The van der Waals surface area contributed by atoms with Crippen LogP contribution in [0.15, 0.2) is 152 Å². The van der Waals surface area contributed by atoms with Crippen molar-refractivity contribution in [1.82, 2.24) is 14.5 Å². The average molecular weight is 548 g/mol. The fraction of sp³-hybridized carbons (Fsp3) is 0. The maximum atomic E-state index is 4.94. The van der Waals surface area contributed by atoms with Crippen LogP contribution in [-0.2, 0) is 0 Å². The molecule has 0 aliphatic rings. The van der Waals surface area contributed by atoms with E-state index in [4.69, 9.17) is 4.98 Å². The van der Waals surface area contributed by atoms with E-state index >= 15 is 0 Å². The Morgan fingerprint density at radius 3 is 1.95 bits per heavy atom. The van der Waals surface area contributed by atoms with Crippen LogP contribution < -0.4 is 0 Å². The van der Waals surface area contributed by atoms with Crippen molar-refractivity contribution in [1.29, 1.82) is 0 Å². The number of hydrogen-bond donors (Lipinski definition) is 0. The van der Waals surface area contributed by atoms with E-state index in [1.54, 1.807) is 6.20 Å². The van der Waals surface area contributed by atoms with Gasteiger partial charge in [-0.25, -0.2) is 4.98 Å². The molecule has 0 bridgehead atoms. The summed E-state index contributed by atoms with van der Waals surface area (Å²) in [5, 5.41) is 10.2. The van der Waals surface area contributed by atoms with Gasteiger partial charge in [0.05, 0.1) is 28.1 Å². The summed E-state index contributed by atoms with van der Waals surface area (Å²) in [6.45, 7) is 0. The standard InChI is InChI=1S/C40H25N3/c1-2-11-29-26(10-1)21-24-33-38(29)30-12-3-4-13-31(30)40-39(33)32-14-5-6-18-37(32)43(40)28-22-19-27(20-23-28)34-16-9-17-36(42-34)35-15-7-8-25-41-35/h1-25H. The first kappa shape index (κ1) is 23.9. The van der Waals surface area contributed by atoms with Gasteiger partial charge in [0.2, 0.25) is 0 Å². The predicted molar refractivity (Wildman–Crippen MR) is 180 cm³/mol. The van der Waals surface area contributed by atoms with Gasteiger partial charge in [0.1, 0.15) is 0 Å². The van der Waals surface area contributed by atoms with Crippen molar-refractivity contribution in [2.45, 2.75) is 0 Å². The van der Waals surface area contributed by atoms with Crippen molar-refractivity contribution < 1.29 is 0 Å². The van der Waals surface area contributed by atoms with Crippen molar-refractivity contribution in [3.63, 3.8) is 0 Å². The molecule has 0 aliphatic heterocycles. The highest BCUT2D eigenvalue weighted by molar-refractivity contribution is 6.36. The summed E-state index contributed by atoms with van der Waals surface area (Å²) in [5.74, 6) is 0. The molecule has 3 heterocycles. The van der Waals surface area contributed by atoms with Gasteiger partial charge >= 0.3 is 0 Å². The Morgan fingerprint density at radius 1 is 0.419 bits per heavy atom. The lowest BCUT2D eigenvalue weighted by molar-refractivity contribution is 1.18. The first-order chi connectivity index (χ1) is 21.3. The van der Waals surface area contributed by atoms with Gasteiger partial charge in [0.25, 0.3) is 0 Å². The first-order valence-electron chi connectivity index (χ1n) is 14.6. The predicted octanol–water partition coefficient (Wildman–Crippen LogP) is 10.4. The summed E-state index contributed by atoms with van der Waals surface area (Å²) in [6, 6.07) is 51.8. The van der Waals surface area contributed by atoms with Crippen LogP contribution in [0.5, 0.6) is 0 Å². The quantitative estimate of drug-likeness (QED) is 0.206. The van der Waals surface area contributed by atoms with Crippen molar-refractivity contribution in [3.8, 4) is 28.3 Å². The van der Waals surface area contributed by atoms with Crippen molar-refractivity contribution in [2.75, 3.05) is 0 Å². The SMILES string of the molecule is c1ccc(-c2cccc(-c3ccc(-n4c5ccccc5c5c6ccc7ccccc7c6c6ccccc6c54)cc3)n2)nc1. The molecule has 0 N–H and O–H groups in total. The molecule has 0 spiro atoms. The van der Waals surface area contributed by atoms with Crippen LogP contribution in [0.25, 0.3) is 82.5 Å².